The van der Waals surface area contributed by atoms with E-state index >= 15 is 0 Å². The van der Waals surface area contributed by atoms with Crippen molar-refractivity contribution in [1.82, 2.24) is 0 Å². The minimum Gasteiger partial charge on any atom is -0.478 e. The third-order valence-corrected chi connectivity index (χ3v) is 0.561. The van der Waals surface area contributed by atoms with Gasteiger partial charge in [0.2, 0.25) is 0 Å². The summed E-state index contributed by atoms with van der Waals surface area (Å²) in [5, 5.41) is 15.6. The monoisotopic (exact) mass is 186 g/mol. The molecule has 0 aromatic rings. The van der Waals surface area contributed by atoms with Crippen LogP contribution in [0, 0.1) is 0 Å². The molecule has 0 fully saturated rings. The van der Waals surface area contributed by atoms with Crippen LogP contribution in [0.1, 0.15) is 0 Å². The van der Waals surface area contributed by atoms with Gasteiger partial charge in [-0.15, -0.1) is 0 Å². The molecule has 0 saturated carbocycles. The molecule has 0 atom stereocenters. The highest BCUT2D eigenvalue weighted by molar-refractivity contribution is 5.89. The molecule has 0 aliphatic rings. The van der Waals surface area contributed by atoms with Gasteiger partial charge >= 0.3 is 11.9 Å². The quantitative estimate of drug-likeness (QED) is 0.505. The van der Waals surface area contributed by atoms with Gasteiger partial charge in [0.15, 0.2) is 0 Å². The van der Waals surface area contributed by atoms with Gasteiger partial charge in [0, 0.05) is 12.2 Å². The highest BCUT2D eigenvalue weighted by atomic mass is 16.5. The van der Waals surface area contributed by atoms with E-state index in [1.807, 2.05) is 0 Å². The lowest BCUT2D eigenvalue weighted by Gasteiger charge is -1.76. The van der Waals surface area contributed by atoms with Crippen molar-refractivity contribution in [3.8, 4) is 0 Å². The molecule has 0 aliphatic heterocycles. The fourth-order valence-corrected chi connectivity index (χ4v) is 0.211. The highest BCUT2D eigenvalue weighted by Crippen LogP contribution is 1.70. The molecule has 5 heteroatoms. The lowest BCUT2D eigenvalue weighted by Crippen LogP contribution is -1.91. The van der Waals surface area contributed by atoms with Gasteiger partial charge in [-0.05, 0) is 0 Å². The average Bonchev–Trinajstić information content (AvgIpc) is 2.03. The fraction of sp³-hybridized carbons (Fsp3) is 0. The second kappa shape index (κ2) is 9.96. The number of hydrogen-bond acceptors (Lipinski definition) is 3. The van der Waals surface area contributed by atoms with Crippen LogP contribution < -0.4 is 0 Å². The van der Waals surface area contributed by atoms with E-state index in [4.69, 9.17) is 10.2 Å². The molecule has 0 rings (SSSR count). The van der Waals surface area contributed by atoms with Gasteiger partial charge in [-0.1, -0.05) is 13.2 Å². The van der Waals surface area contributed by atoms with Gasteiger partial charge in [0.25, 0.3) is 0 Å². The maximum Gasteiger partial charge on any atom is 0.328 e. The van der Waals surface area contributed by atoms with E-state index in [2.05, 4.69) is 17.9 Å². The highest BCUT2D eigenvalue weighted by Gasteiger charge is 1.88. The SMILES string of the molecule is C=COC=C.O=C(O)/C=C\C(=O)O. The number of ether oxygens (including phenoxy) is 1. The zero-order chi connectivity index (χ0) is 10.7. The molecule has 0 amide bonds. The largest absolute Gasteiger partial charge is 0.478 e. The number of carboxylic acid groups (broad SMARTS) is 2. The van der Waals surface area contributed by atoms with Gasteiger partial charge in [-0.3, -0.25) is 0 Å². The Morgan fingerprint density at radius 3 is 1.38 bits per heavy atom. The first-order valence-electron chi connectivity index (χ1n) is 3.05. The number of carbonyl (C=O) groups is 2. The van der Waals surface area contributed by atoms with Crippen LogP contribution in [0.3, 0.4) is 0 Å². The van der Waals surface area contributed by atoms with Crippen molar-refractivity contribution >= 4 is 11.9 Å². The van der Waals surface area contributed by atoms with Gasteiger partial charge in [0.1, 0.15) is 0 Å². The molecule has 72 valence electrons. The molecular weight excluding hydrogens is 176 g/mol. The Morgan fingerprint density at radius 2 is 1.31 bits per heavy atom. The van der Waals surface area contributed by atoms with Crippen LogP contribution in [0.15, 0.2) is 37.8 Å². The third-order valence-electron chi connectivity index (χ3n) is 0.561. The number of hydrogen-bond donors (Lipinski definition) is 2. The van der Waals surface area contributed by atoms with Crippen molar-refractivity contribution in [3.05, 3.63) is 37.8 Å². The summed E-state index contributed by atoms with van der Waals surface area (Å²) in [4.78, 5) is 19.1. The fourth-order valence-electron chi connectivity index (χ4n) is 0.211. The summed E-state index contributed by atoms with van der Waals surface area (Å²) >= 11 is 0. The number of aliphatic carboxylic acids is 2. The van der Waals surface area contributed by atoms with E-state index in [0.717, 1.165) is 0 Å². The molecule has 0 aromatic heterocycles. The van der Waals surface area contributed by atoms with Crippen molar-refractivity contribution in [2.24, 2.45) is 0 Å². The minimum absolute atomic E-state index is 0.558. The zero-order valence-corrected chi connectivity index (χ0v) is 6.84. The van der Waals surface area contributed by atoms with Crippen LogP contribution in [0.4, 0.5) is 0 Å². The summed E-state index contributed by atoms with van der Waals surface area (Å²) in [5.74, 6) is -2.51. The molecule has 0 spiro atoms. The van der Waals surface area contributed by atoms with Crippen molar-refractivity contribution in [1.29, 1.82) is 0 Å². The molecule has 0 heterocycles. The first-order chi connectivity index (χ1) is 6.04. The van der Waals surface area contributed by atoms with E-state index < -0.39 is 11.9 Å². The Bertz CT molecular complexity index is 195. The van der Waals surface area contributed by atoms with E-state index in [0.29, 0.717) is 12.2 Å². The Kier molecular flexibility index (Phi) is 10.4. The molecule has 2 N–H and O–H groups in total. The molecule has 0 bridgehead atoms. The maximum atomic E-state index is 9.55. The molecule has 13 heavy (non-hydrogen) atoms. The first-order valence-corrected chi connectivity index (χ1v) is 3.05. The van der Waals surface area contributed by atoms with Crippen molar-refractivity contribution < 1.29 is 24.5 Å². The summed E-state index contributed by atoms with van der Waals surface area (Å²) < 4.78 is 4.36. The van der Waals surface area contributed by atoms with Crippen LogP contribution in [-0.2, 0) is 14.3 Å². The van der Waals surface area contributed by atoms with E-state index in [9.17, 15) is 9.59 Å². The summed E-state index contributed by atoms with van der Waals surface area (Å²) in [7, 11) is 0. The zero-order valence-electron chi connectivity index (χ0n) is 6.84. The van der Waals surface area contributed by atoms with Gasteiger partial charge in [-0.2, -0.15) is 0 Å². The lowest BCUT2D eigenvalue weighted by molar-refractivity contribution is -0.134. The standard InChI is InChI=1S/C4H4O4.C4H6O/c5-3(6)1-2-4(7)8;1-3-5-4-2/h1-2H,(H,5,6)(H,7,8);3-4H,1-2H2/b2-1-;. The Hall–Kier alpha value is -2.04. The maximum absolute atomic E-state index is 9.55. The minimum atomic E-state index is -1.26. The number of carboxylic acids is 2. The molecule has 5 nitrogen and oxygen atoms in total. The second-order valence-corrected chi connectivity index (χ2v) is 1.48. The van der Waals surface area contributed by atoms with E-state index in [1.54, 1.807) is 0 Å². The van der Waals surface area contributed by atoms with E-state index in [1.165, 1.54) is 12.5 Å². The second-order valence-electron chi connectivity index (χ2n) is 1.48. The van der Waals surface area contributed by atoms with Crippen molar-refractivity contribution in [3.63, 3.8) is 0 Å². The van der Waals surface area contributed by atoms with Crippen LogP contribution in [0.25, 0.3) is 0 Å². The molecular formula is C8H10O5. The Labute approximate surface area is 75.3 Å². The predicted octanol–water partition coefficient (Wildman–Crippen LogP) is 1.00. The summed E-state index contributed by atoms with van der Waals surface area (Å²) in [5.41, 5.74) is 0. The van der Waals surface area contributed by atoms with Gasteiger partial charge in [-0.25, -0.2) is 9.59 Å². The van der Waals surface area contributed by atoms with Gasteiger partial charge in [0.05, 0.1) is 12.5 Å². The third kappa shape index (κ3) is 25.7. The van der Waals surface area contributed by atoms with Crippen molar-refractivity contribution in [2.45, 2.75) is 0 Å². The molecule has 0 saturated heterocycles. The molecule has 0 radical (unpaired) electrons. The Morgan fingerprint density at radius 1 is 1.00 bits per heavy atom. The molecule has 0 aromatic carbocycles. The van der Waals surface area contributed by atoms with Gasteiger partial charge < -0.3 is 14.9 Å². The summed E-state index contributed by atoms with van der Waals surface area (Å²) in [6, 6.07) is 0. The Balaban J connectivity index is 0. The normalized spacial score (nSPS) is 8.00. The van der Waals surface area contributed by atoms with Crippen LogP contribution >= 0.6 is 0 Å². The average molecular weight is 186 g/mol. The number of rotatable bonds is 4. The lowest BCUT2D eigenvalue weighted by atomic mass is 10.5. The van der Waals surface area contributed by atoms with E-state index in [-0.39, 0.29) is 0 Å². The first kappa shape index (κ1) is 13.5. The van der Waals surface area contributed by atoms with Crippen LogP contribution in [0.5, 0.6) is 0 Å². The smallest absolute Gasteiger partial charge is 0.328 e. The summed E-state index contributed by atoms with van der Waals surface area (Å²) in [6.07, 6.45) is 3.74. The van der Waals surface area contributed by atoms with Crippen LogP contribution in [-0.4, -0.2) is 22.2 Å². The van der Waals surface area contributed by atoms with Crippen molar-refractivity contribution in [2.75, 3.05) is 0 Å². The molecule has 0 aliphatic carbocycles. The molecule has 0 unspecified atom stereocenters. The topological polar surface area (TPSA) is 83.8 Å². The van der Waals surface area contributed by atoms with Crippen LogP contribution in [0.2, 0.25) is 0 Å². The summed E-state index contributed by atoms with van der Waals surface area (Å²) in [6.45, 7) is 6.51. The predicted molar refractivity (Wildman–Crippen MR) is 45.9 cm³/mol.